The minimum atomic E-state index is -1.02. The molecule has 120 valence electrons. The number of carboxylic acid groups (broad SMARTS) is 1. The summed E-state index contributed by atoms with van der Waals surface area (Å²) in [5.74, 6) is -0.569. The normalized spacial score (nSPS) is 20.6. The molecular formula is C15H18ClNO5. The lowest BCUT2D eigenvalue weighted by atomic mass is 10.2. The highest BCUT2D eigenvalue weighted by Gasteiger charge is 2.35. The fraction of sp³-hybridized carbons (Fsp3) is 0.467. The summed E-state index contributed by atoms with van der Waals surface area (Å²) in [6.07, 6.45) is -0.770. The molecule has 0 aromatic heterocycles. The zero-order chi connectivity index (χ0) is 16.1. The van der Waals surface area contributed by atoms with Gasteiger partial charge in [-0.15, -0.1) is 0 Å². The Morgan fingerprint density at radius 2 is 1.95 bits per heavy atom. The third-order valence-electron chi connectivity index (χ3n) is 3.46. The van der Waals surface area contributed by atoms with Gasteiger partial charge in [0.05, 0.1) is 6.54 Å². The van der Waals surface area contributed by atoms with E-state index < -0.39 is 18.2 Å². The molecule has 0 spiro atoms. The maximum Gasteiger partial charge on any atom is 0.332 e. The molecular weight excluding hydrogens is 310 g/mol. The van der Waals surface area contributed by atoms with Crippen LogP contribution in [0.2, 0.25) is 5.02 Å². The summed E-state index contributed by atoms with van der Waals surface area (Å²) < 4.78 is 10.8. The molecule has 1 amide bonds. The van der Waals surface area contributed by atoms with Crippen molar-refractivity contribution in [2.24, 2.45) is 0 Å². The van der Waals surface area contributed by atoms with Crippen LogP contribution in [0.25, 0.3) is 0 Å². The molecule has 1 aliphatic rings. The van der Waals surface area contributed by atoms with E-state index in [9.17, 15) is 9.59 Å². The summed E-state index contributed by atoms with van der Waals surface area (Å²) in [4.78, 5) is 24.4. The smallest absolute Gasteiger partial charge is 0.332 e. The molecule has 0 saturated carbocycles. The standard InChI is InChI=1S/C15H18ClNO5/c1-17(8-9-21-11-4-2-10(16)3-5-11)14(18)12-6-7-13(22-12)15(19)20/h2-5,12-13H,6-9H2,1H3,(H,19,20)/t12-,13+/m0/s1. The van der Waals surface area contributed by atoms with E-state index in [0.29, 0.717) is 36.8 Å². The summed E-state index contributed by atoms with van der Waals surface area (Å²) in [6.45, 7) is 0.720. The first-order valence-corrected chi connectivity index (χ1v) is 7.37. The number of hydrogen-bond acceptors (Lipinski definition) is 4. The molecule has 2 rings (SSSR count). The number of nitrogens with zero attached hydrogens (tertiary/aromatic N) is 1. The number of carbonyl (C=O) groups excluding carboxylic acids is 1. The first kappa shape index (κ1) is 16.6. The van der Waals surface area contributed by atoms with Gasteiger partial charge in [-0.05, 0) is 37.1 Å². The summed E-state index contributed by atoms with van der Waals surface area (Å²) in [5.41, 5.74) is 0. The number of halogens is 1. The lowest BCUT2D eigenvalue weighted by Gasteiger charge is -2.21. The Kier molecular flexibility index (Phi) is 5.63. The lowest BCUT2D eigenvalue weighted by molar-refractivity contribution is -0.154. The number of carboxylic acids is 1. The van der Waals surface area contributed by atoms with E-state index in [1.54, 1.807) is 31.3 Å². The van der Waals surface area contributed by atoms with Gasteiger partial charge in [-0.3, -0.25) is 4.79 Å². The van der Waals surface area contributed by atoms with Crippen molar-refractivity contribution in [2.75, 3.05) is 20.2 Å². The SMILES string of the molecule is CN(CCOc1ccc(Cl)cc1)C(=O)[C@@H]1CC[C@H](C(=O)O)O1. The third kappa shape index (κ3) is 4.35. The highest BCUT2D eigenvalue weighted by molar-refractivity contribution is 6.30. The second kappa shape index (κ2) is 7.47. The van der Waals surface area contributed by atoms with E-state index in [0.717, 1.165) is 0 Å². The summed E-state index contributed by atoms with van der Waals surface area (Å²) >= 11 is 5.78. The molecule has 0 radical (unpaired) electrons. The van der Waals surface area contributed by atoms with Crippen LogP contribution in [0.5, 0.6) is 5.75 Å². The van der Waals surface area contributed by atoms with Gasteiger partial charge in [-0.25, -0.2) is 4.79 Å². The number of ether oxygens (including phenoxy) is 2. The van der Waals surface area contributed by atoms with Crippen molar-refractivity contribution in [2.45, 2.75) is 25.0 Å². The Labute approximate surface area is 133 Å². The number of aliphatic carboxylic acids is 1. The number of benzene rings is 1. The zero-order valence-corrected chi connectivity index (χ0v) is 13.0. The molecule has 1 aliphatic heterocycles. The number of rotatable bonds is 6. The topological polar surface area (TPSA) is 76.1 Å². The number of carbonyl (C=O) groups is 2. The van der Waals surface area contributed by atoms with Gasteiger partial charge >= 0.3 is 5.97 Å². The van der Waals surface area contributed by atoms with Gasteiger partial charge in [0.25, 0.3) is 5.91 Å². The van der Waals surface area contributed by atoms with Crippen LogP contribution >= 0.6 is 11.6 Å². The summed E-state index contributed by atoms with van der Waals surface area (Å²) in [6, 6.07) is 6.96. The average molecular weight is 328 g/mol. The van der Waals surface area contributed by atoms with Crippen molar-refractivity contribution in [1.29, 1.82) is 0 Å². The predicted octanol–water partition coefficient (Wildman–Crippen LogP) is 1.81. The fourth-order valence-electron chi connectivity index (χ4n) is 2.19. The molecule has 0 unspecified atom stereocenters. The molecule has 1 aromatic rings. The van der Waals surface area contributed by atoms with Crippen LogP contribution in [0, 0.1) is 0 Å². The first-order chi connectivity index (χ1) is 10.5. The van der Waals surface area contributed by atoms with E-state index in [4.69, 9.17) is 26.2 Å². The van der Waals surface area contributed by atoms with Gasteiger partial charge in [-0.2, -0.15) is 0 Å². The summed E-state index contributed by atoms with van der Waals surface area (Å²) in [7, 11) is 1.64. The Hall–Kier alpha value is -1.79. The van der Waals surface area contributed by atoms with Crippen LogP contribution in [0.15, 0.2) is 24.3 Å². The molecule has 1 aromatic carbocycles. The molecule has 2 atom stereocenters. The van der Waals surface area contributed by atoms with Gasteiger partial charge in [0, 0.05) is 12.1 Å². The zero-order valence-electron chi connectivity index (χ0n) is 12.2. The van der Waals surface area contributed by atoms with Crippen LogP contribution in [-0.4, -0.2) is 54.3 Å². The van der Waals surface area contributed by atoms with E-state index in [-0.39, 0.29) is 5.91 Å². The van der Waals surface area contributed by atoms with Gasteiger partial charge in [0.15, 0.2) is 6.10 Å². The van der Waals surface area contributed by atoms with Gasteiger partial charge in [0.2, 0.25) is 0 Å². The van der Waals surface area contributed by atoms with Crippen molar-refractivity contribution < 1.29 is 24.2 Å². The van der Waals surface area contributed by atoms with Crippen molar-refractivity contribution in [3.05, 3.63) is 29.3 Å². The van der Waals surface area contributed by atoms with E-state index >= 15 is 0 Å². The first-order valence-electron chi connectivity index (χ1n) is 6.99. The Bertz CT molecular complexity index is 533. The maximum absolute atomic E-state index is 12.1. The van der Waals surface area contributed by atoms with Crippen molar-refractivity contribution in [1.82, 2.24) is 4.90 Å². The number of amides is 1. The Morgan fingerprint density at radius 1 is 1.32 bits per heavy atom. The van der Waals surface area contributed by atoms with Crippen LogP contribution in [-0.2, 0) is 14.3 Å². The Morgan fingerprint density at radius 3 is 2.55 bits per heavy atom. The van der Waals surface area contributed by atoms with Crippen molar-refractivity contribution in [3.63, 3.8) is 0 Å². The van der Waals surface area contributed by atoms with Crippen molar-refractivity contribution >= 4 is 23.5 Å². The minimum Gasteiger partial charge on any atom is -0.492 e. The highest BCUT2D eigenvalue weighted by Crippen LogP contribution is 2.21. The van der Waals surface area contributed by atoms with Gasteiger partial charge < -0.3 is 19.5 Å². The minimum absolute atomic E-state index is 0.219. The molecule has 6 nitrogen and oxygen atoms in total. The number of likely N-dealkylation sites (N-methyl/N-ethyl adjacent to an activating group) is 1. The van der Waals surface area contributed by atoms with Gasteiger partial charge in [0.1, 0.15) is 18.5 Å². The largest absolute Gasteiger partial charge is 0.492 e. The Balaban J connectivity index is 1.75. The third-order valence-corrected chi connectivity index (χ3v) is 3.71. The second-order valence-electron chi connectivity index (χ2n) is 5.09. The van der Waals surface area contributed by atoms with E-state index in [2.05, 4.69) is 0 Å². The van der Waals surface area contributed by atoms with Crippen LogP contribution in [0.3, 0.4) is 0 Å². The molecule has 1 fully saturated rings. The molecule has 0 aliphatic carbocycles. The quantitative estimate of drug-likeness (QED) is 0.862. The maximum atomic E-state index is 12.1. The van der Waals surface area contributed by atoms with Crippen LogP contribution in [0.1, 0.15) is 12.8 Å². The molecule has 1 heterocycles. The molecule has 0 bridgehead atoms. The molecule has 7 heteroatoms. The molecule has 1 N–H and O–H groups in total. The second-order valence-corrected chi connectivity index (χ2v) is 5.53. The van der Waals surface area contributed by atoms with Crippen LogP contribution in [0.4, 0.5) is 0 Å². The summed E-state index contributed by atoms with van der Waals surface area (Å²) in [5, 5.41) is 9.49. The number of hydrogen-bond donors (Lipinski definition) is 1. The molecule has 22 heavy (non-hydrogen) atoms. The van der Waals surface area contributed by atoms with E-state index in [1.165, 1.54) is 4.90 Å². The fourth-order valence-corrected chi connectivity index (χ4v) is 2.31. The monoisotopic (exact) mass is 327 g/mol. The predicted molar refractivity (Wildman–Crippen MR) is 80.1 cm³/mol. The van der Waals surface area contributed by atoms with Gasteiger partial charge in [-0.1, -0.05) is 11.6 Å². The highest BCUT2D eigenvalue weighted by atomic mass is 35.5. The average Bonchev–Trinajstić information content (AvgIpc) is 2.98. The lowest BCUT2D eigenvalue weighted by Crippen LogP contribution is -2.39. The molecule has 1 saturated heterocycles. The van der Waals surface area contributed by atoms with Crippen molar-refractivity contribution in [3.8, 4) is 5.75 Å². The van der Waals surface area contributed by atoms with E-state index in [1.807, 2.05) is 0 Å². The van der Waals surface area contributed by atoms with Crippen LogP contribution < -0.4 is 4.74 Å².